The van der Waals surface area contributed by atoms with Crippen molar-refractivity contribution in [3.8, 4) is 0 Å². The van der Waals surface area contributed by atoms with Crippen LogP contribution in [0.25, 0.3) is 0 Å². The molecule has 1 aliphatic rings. The summed E-state index contributed by atoms with van der Waals surface area (Å²) in [5.74, 6) is -1.11. The van der Waals surface area contributed by atoms with E-state index in [1.165, 1.54) is 0 Å². The molecule has 96 valence electrons. The van der Waals surface area contributed by atoms with E-state index in [0.29, 0.717) is 26.1 Å². The van der Waals surface area contributed by atoms with Gasteiger partial charge < -0.3 is 9.64 Å². The first-order valence-electron chi connectivity index (χ1n) is 6.21. The molecule has 2 rings (SSSR count). The molecule has 0 bridgehead atoms. The summed E-state index contributed by atoms with van der Waals surface area (Å²) in [7, 11) is 0. The highest BCUT2D eigenvalue weighted by Gasteiger charge is 2.37. The number of hydrogen-bond acceptors (Lipinski definition) is 3. The Labute approximate surface area is 107 Å². The molecule has 4 heteroatoms. The molecule has 18 heavy (non-hydrogen) atoms. The summed E-state index contributed by atoms with van der Waals surface area (Å²) >= 11 is 0. The van der Waals surface area contributed by atoms with Gasteiger partial charge in [-0.3, -0.25) is 9.59 Å². The molecule has 1 aromatic carbocycles. The Bertz CT molecular complexity index is 430. The monoisotopic (exact) mass is 247 g/mol. The van der Waals surface area contributed by atoms with E-state index in [1.807, 2.05) is 30.3 Å². The molecule has 0 aliphatic carbocycles. The molecule has 0 spiro atoms. The van der Waals surface area contributed by atoms with Crippen LogP contribution in [0.2, 0.25) is 0 Å². The SMILES string of the molecule is CCOC(=O)[C@@H]1CCN(Cc2ccccc2)C1=O. The maximum atomic E-state index is 12.1. The van der Waals surface area contributed by atoms with E-state index in [1.54, 1.807) is 11.8 Å². The lowest BCUT2D eigenvalue weighted by Gasteiger charge is -2.16. The molecular formula is C14H17NO3. The van der Waals surface area contributed by atoms with Gasteiger partial charge in [0.1, 0.15) is 5.92 Å². The smallest absolute Gasteiger partial charge is 0.318 e. The van der Waals surface area contributed by atoms with Gasteiger partial charge in [-0.25, -0.2) is 0 Å². The van der Waals surface area contributed by atoms with Gasteiger partial charge in [-0.15, -0.1) is 0 Å². The van der Waals surface area contributed by atoms with Crippen molar-refractivity contribution in [2.24, 2.45) is 5.92 Å². The summed E-state index contributed by atoms with van der Waals surface area (Å²) in [5, 5.41) is 0. The Hall–Kier alpha value is -1.84. The summed E-state index contributed by atoms with van der Waals surface area (Å²) < 4.78 is 4.91. The van der Waals surface area contributed by atoms with Crippen molar-refractivity contribution < 1.29 is 14.3 Å². The van der Waals surface area contributed by atoms with E-state index >= 15 is 0 Å². The number of likely N-dealkylation sites (tertiary alicyclic amines) is 1. The minimum absolute atomic E-state index is 0.114. The minimum Gasteiger partial charge on any atom is -0.465 e. The molecule has 1 saturated heterocycles. The highest BCUT2D eigenvalue weighted by Crippen LogP contribution is 2.21. The zero-order valence-electron chi connectivity index (χ0n) is 10.5. The van der Waals surface area contributed by atoms with Crippen molar-refractivity contribution >= 4 is 11.9 Å². The lowest BCUT2D eigenvalue weighted by molar-refractivity contribution is -0.152. The highest BCUT2D eigenvalue weighted by atomic mass is 16.5. The van der Waals surface area contributed by atoms with E-state index in [-0.39, 0.29) is 5.91 Å². The molecule has 0 N–H and O–H groups in total. The van der Waals surface area contributed by atoms with Crippen molar-refractivity contribution in [1.29, 1.82) is 0 Å². The van der Waals surface area contributed by atoms with Crippen molar-refractivity contribution in [1.82, 2.24) is 4.90 Å². The number of ether oxygens (including phenoxy) is 1. The molecule has 0 unspecified atom stereocenters. The molecule has 0 saturated carbocycles. The molecule has 1 aliphatic heterocycles. The van der Waals surface area contributed by atoms with Crippen molar-refractivity contribution in [2.45, 2.75) is 19.9 Å². The molecule has 1 fully saturated rings. The molecule has 0 radical (unpaired) electrons. The van der Waals surface area contributed by atoms with Crippen LogP contribution in [0.5, 0.6) is 0 Å². The predicted octanol–water partition coefficient (Wildman–Crippen LogP) is 1.60. The van der Waals surface area contributed by atoms with Crippen molar-refractivity contribution in [3.63, 3.8) is 0 Å². The molecule has 1 heterocycles. The highest BCUT2D eigenvalue weighted by molar-refractivity contribution is 5.99. The van der Waals surface area contributed by atoms with Gasteiger partial charge in [-0.2, -0.15) is 0 Å². The third-order valence-electron chi connectivity index (χ3n) is 3.08. The average Bonchev–Trinajstić information content (AvgIpc) is 2.73. The second kappa shape index (κ2) is 5.67. The number of hydrogen-bond donors (Lipinski definition) is 0. The summed E-state index contributed by atoms with van der Waals surface area (Å²) in [5.41, 5.74) is 1.08. The normalized spacial score (nSPS) is 19.1. The second-order valence-electron chi connectivity index (χ2n) is 4.34. The van der Waals surface area contributed by atoms with Crippen LogP contribution >= 0.6 is 0 Å². The maximum absolute atomic E-state index is 12.1. The number of nitrogens with zero attached hydrogens (tertiary/aromatic N) is 1. The van der Waals surface area contributed by atoms with Crippen LogP contribution in [0.15, 0.2) is 30.3 Å². The van der Waals surface area contributed by atoms with Crippen LogP contribution in [0.1, 0.15) is 18.9 Å². The lowest BCUT2D eigenvalue weighted by Crippen LogP contribution is -2.30. The van der Waals surface area contributed by atoms with Gasteiger partial charge in [0, 0.05) is 13.1 Å². The Kier molecular flexibility index (Phi) is 3.97. The van der Waals surface area contributed by atoms with E-state index in [9.17, 15) is 9.59 Å². The van der Waals surface area contributed by atoms with E-state index in [4.69, 9.17) is 4.74 Å². The Morgan fingerprint density at radius 2 is 2.11 bits per heavy atom. The first kappa shape index (κ1) is 12.6. The van der Waals surface area contributed by atoms with Crippen molar-refractivity contribution in [2.75, 3.05) is 13.2 Å². The van der Waals surface area contributed by atoms with Gasteiger partial charge in [-0.1, -0.05) is 30.3 Å². The Morgan fingerprint density at radius 1 is 1.39 bits per heavy atom. The summed E-state index contributed by atoms with van der Waals surface area (Å²) in [6.45, 7) is 3.26. The summed E-state index contributed by atoms with van der Waals surface area (Å²) in [4.78, 5) is 25.4. The van der Waals surface area contributed by atoms with Gasteiger partial charge in [0.2, 0.25) is 5.91 Å². The fourth-order valence-corrected chi connectivity index (χ4v) is 2.16. The number of amides is 1. The lowest BCUT2D eigenvalue weighted by atomic mass is 10.1. The first-order chi connectivity index (χ1) is 8.72. The predicted molar refractivity (Wildman–Crippen MR) is 66.6 cm³/mol. The van der Waals surface area contributed by atoms with Gasteiger partial charge in [0.05, 0.1) is 6.61 Å². The largest absolute Gasteiger partial charge is 0.465 e. The number of carbonyl (C=O) groups excluding carboxylic acids is 2. The molecule has 0 aromatic heterocycles. The zero-order valence-corrected chi connectivity index (χ0v) is 10.5. The zero-order chi connectivity index (χ0) is 13.0. The summed E-state index contributed by atoms with van der Waals surface area (Å²) in [6.07, 6.45) is 0.560. The average molecular weight is 247 g/mol. The van der Waals surface area contributed by atoms with Crippen LogP contribution in [-0.4, -0.2) is 29.9 Å². The fraction of sp³-hybridized carbons (Fsp3) is 0.429. The molecule has 1 aromatic rings. The van der Waals surface area contributed by atoms with E-state index in [2.05, 4.69) is 0 Å². The van der Waals surface area contributed by atoms with Gasteiger partial charge in [0.15, 0.2) is 0 Å². The van der Waals surface area contributed by atoms with Crippen molar-refractivity contribution in [3.05, 3.63) is 35.9 Å². The molecule has 1 atom stereocenters. The van der Waals surface area contributed by atoms with E-state index < -0.39 is 11.9 Å². The maximum Gasteiger partial charge on any atom is 0.318 e. The molecular weight excluding hydrogens is 230 g/mol. The second-order valence-corrected chi connectivity index (χ2v) is 4.34. The topological polar surface area (TPSA) is 46.6 Å². The first-order valence-corrected chi connectivity index (χ1v) is 6.21. The molecule has 1 amide bonds. The van der Waals surface area contributed by atoms with Gasteiger partial charge >= 0.3 is 5.97 Å². The molecule has 4 nitrogen and oxygen atoms in total. The number of benzene rings is 1. The minimum atomic E-state index is -0.603. The van der Waals surface area contributed by atoms with Crippen LogP contribution in [0.4, 0.5) is 0 Å². The Morgan fingerprint density at radius 3 is 2.78 bits per heavy atom. The van der Waals surface area contributed by atoms with Gasteiger partial charge in [0.25, 0.3) is 0 Å². The summed E-state index contributed by atoms with van der Waals surface area (Å²) in [6, 6.07) is 9.78. The van der Waals surface area contributed by atoms with Crippen LogP contribution in [0.3, 0.4) is 0 Å². The fourth-order valence-electron chi connectivity index (χ4n) is 2.16. The van der Waals surface area contributed by atoms with E-state index in [0.717, 1.165) is 5.56 Å². The number of carbonyl (C=O) groups is 2. The van der Waals surface area contributed by atoms with Crippen LogP contribution in [-0.2, 0) is 20.9 Å². The number of rotatable bonds is 4. The Balaban J connectivity index is 1.97. The third-order valence-corrected chi connectivity index (χ3v) is 3.08. The van der Waals surface area contributed by atoms with Gasteiger partial charge in [-0.05, 0) is 18.9 Å². The number of esters is 1. The third kappa shape index (κ3) is 2.70. The quantitative estimate of drug-likeness (QED) is 0.599. The standard InChI is InChI=1S/C14H17NO3/c1-2-18-14(17)12-8-9-15(13(12)16)10-11-6-4-3-5-7-11/h3-7,12H,2,8-10H2,1H3/t12-/m1/s1. The van der Waals surface area contributed by atoms with Crippen LogP contribution in [0, 0.1) is 5.92 Å². The van der Waals surface area contributed by atoms with Crippen LogP contribution < -0.4 is 0 Å².